The standard InChI is InChI=1S/C25H26O2S2/c1-2-27-25(26)21-8-5-9-22(21)28-24-15-14-23(29-24)20-13-12-17(16-10-11-16)18-6-3-4-7-19(18)20/h3-4,6-7,12-16,21-22H,2,5,8-11H2,1H3. The number of esters is 1. The van der Waals surface area contributed by atoms with E-state index in [0.717, 1.165) is 25.2 Å². The molecule has 2 aliphatic rings. The highest BCUT2D eigenvalue weighted by Gasteiger charge is 2.35. The van der Waals surface area contributed by atoms with Crippen molar-refractivity contribution in [2.24, 2.45) is 5.92 Å². The maximum atomic E-state index is 12.3. The largest absolute Gasteiger partial charge is 0.466 e. The van der Waals surface area contributed by atoms with Crippen LogP contribution in [0.2, 0.25) is 0 Å². The number of thioether (sulfide) groups is 1. The van der Waals surface area contributed by atoms with Crippen LogP contribution in [0.4, 0.5) is 0 Å². The van der Waals surface area contributed by atoms with Gasteiger partial charge < -0.3 is 4.74 Å². The number of benzene rings is 2. The molecule has 2 unspecified atom stereocenters. The Kier molecular flexibility index (Phi) is 5.40. The molecule has 29 heavy (non-hydrogen) atoms. The second-order valence-electron chi connectivity index (χ2n) is 8.09. The van der Waals surface area contributed by atoms with E-state index < -0.39 is 0 Å². The van der Waals surface area contributed by atoms with E-state index in [4.69, 9.17) is 4.74 Å². The molecule has 1 aromatic heterocycles. The van der Waals surface area contributed by atoms with Gasteiger partial charge in [0.25, 0.3) is 0 Å². The molecular formula is C25H26O2S2. The minimum absolute atomic E-state index is 0.0130. The molecule has 3 aromatic rings. The van der Waals surface area contributed by atoms with Crippen LogP contribution in [0.5, 0.6) is 0 Å². The number of rotatable bonds is 6. The van der Waals surface area contributed by atoms with Crippen LogP contribution in [-0.4, -0.2) is 17.8 Å². The van der Waals surface area contributed by atoms with Gasteiger partial charge in [-0.1, -0.05) is 42.8 Å². The molecule has 4 heteroatoms. The zero-order chi connectivity index (χ0) is 19.8. The predicted molar refractivity (Wildman–Crippen MR) is 123 cm³/mol. The van der Waals surface area contributed by atoms with E-state index in [1.165, 1.54) is 43.8 Å². The van der Waals surface area contributed by atoms with Gasteiger partial charge in [0.05, 0.1) is 16.7 Å². The summed E-state index contributed by atoms with van der Waals surface area (Å²) in [5.41, 5.74) is 2.84. The summed E-state index contributed by atoms with van der Waals surface area (Å²) >= 11 is 3.73. The summed E-state index contributed by atoms with van der Waals surface area (Å²) in [6.07, 6.45) is 5.83. The van der Waals surface area contributed by atoms with E-state index >= 15 is 0 Å². The molecule has 0 radical (unpaired) electrons. The summed E-state index contributed by atoms with van der Waals surface area (Å²) in [6.45, 7) is 2.36. The molecule has 2 saturated carbocycles. The maximum absolute atomic E-state index is 12.3. The highest BCUT2D eigenvalue weighted by atomic mass is 32.2. The zero-order valence-electron chi connectivity index (χ0n) is 16.7. The Labute approximate surface area is 180 Å². The minimum Gasteiger partial charge on any atom is -0.466 e. The molecule has 0 spiro atoms. The van der Waals surface area contributed by atoms with Crippen molar-refractivity contribution in [1.29, 1.82) is 0 Å². The fraction of sp³-hybridized carbons (Fsp3) is 0.400. The van der Waals surface area contributed by atoms with Crippen LogP contribution in [0.25, 0.3) is 21.2 Å². The molecule has 2 aromatic carbocycles. The van der Waals surface area contributed by atoms with Gasteiger partial charge >= 0.3 is 5.97 Å². The first kappa shape index (κ1) is 19.2. The topological polar surface area (TPSA) is 26.3 Å². The summed E-state index contributed by atoms with van der Waals surface area (Å²) in [7, 11) is 0. The zero-order valence-corrected chi connectivity index (χ0v) is 18.4. The van der Waals surface area contributed by atoms with Gasteiger partial charge in [0.1, 0.15) is 0 Å². The average Bonchev–Trinajstić information content (AvgIpc) is 3.30. The molecular weight excluding hydrogens is 396 g/mol. The van der Waals surface area contributed by atoms with Crippen LogP contribution in [0.3, 0.4) is 0 Å². The van der Waals surface area contributed by atoms with Gasteiger partial charge in [-0.2, -0.15) is 0 Å². The first-order chi connectivity index (χ1) is 14.2. The van der Waals surface area contributed by atoms with E-state index in [1.807, 2.05) is 30.0 Å². The Bertz CT molecular complexity index is 1030. The Morgan fingerprint density at radius 3 is 2.66 bits per heavy atom. The quantitative estimate of drug-likeness (QED) is 0.391. The molecule has 5 rings (SSSR count). The van der Waals surface area contributed by atoms with Crippen LogP contribution in [-0.2, 0) is 9.53 Å². The summed E-state index contributed by atoms with van der Waals surface area (Å²) in [4.78, 5) is 13.6. The highest BCUT2D eigenvalue weighted by molar-refractivity contribution is 8.01. The lowest BCUT2D eigenvalue weighted by Gasteiger charge is -2.16. The SMILES string of the molecule is CCOC(=O)C1CCCC1Sc1ccc(-c2ccc(C3CC3)c3ccccc23)s1. The lowest BCUT2D eigenvalue weighted by atomic mass is 9.96. The third-order valence-corrected chi connectivity index (χ3v) is 8.82. The number of fused-ring (bicyclic) bond motifs is 1. The van der Waals surface area contributed by atoms with Crippen molar-refractivity contribution in [3.8, 4) is 10.4 Å². The monoisotopic (exact) mass is 422 g/mol. The molecule has 0 aliphatic heterocycles. The van der Waals surface area contributed by atoms with Crippen LogP contribution >= 0.6 is 23.1 Å². The number of ether oxygens (including phenoxy) is 1. The molecule has 0 amide bonds. The van der Waals surface area contributed by atoms with Crippen LogP contribution in [0.15, 0.2) is 52.7 Å². The molecule has 0 N–H and O–H groups in total. The fourth-order valence-electron chi connectivity index (χ4n) is 4.55. The number of thiophene rings is 1. The van der Waals surface area contributed by atoms with Crippen LogP contribution < -0.4 is 0 Å². The molecule has 1 heterocycles. The van der Waals surface area contributed by atoms with Crippen molar-refractivity contribution >= 4 is 39.8 Å². The van der Waals surface area contributed by atoms with Crippen LogP contribution in [0.1, 0.15) is 50.5 Å². The Morgan fingerprint density at radius 1 is 1.03 bits per heavy atom. The maximum Gasteiger partial charge on any atom is 0.310 e. The Morgan fingerprint density at radius 2 is 1.86 bits per heavy atom. The smallest absolute Gasteiger partial charge is 0.310 e. The normalized spacial score (nSPS) is 21.6. The third kappa shape index (κ3) is 3.85. The van der Waals surface area contributed by atoms with Gasteiger partial charge in [-0.3, -0.25) is 4.79 Å². The molecule has 0 bridgehead atoms. The van der Waals surface area contributed by atoms with Crippen molar-refractivity contribution in [2.45, 2.75) is 54.4 Å². The second kappa shape index (κ2) is 8.16. The van der Waals surface area contributed by atoms with Gasteiger partial charge in [-0.05, 0) is 72.6 Å². The van der Waals surface area contributed by atoms with E-state index in [-0.39, 0.29) is 11.9 Å². The third-order valence-electron chi connectivity index (χ3n) is 6.13. The molecule has 2 atom stereocenters. The predicted octanol–water partition coefficient (Wildman–Crippen LogP) is 7.27. The summed E-state index contributed by atoms with van der Waals surface area (Å²) < 4.78 is 6.61. The van der Waals surface area contributed by atoms with E-state index in [1.54, 1.807) is 0 Å². The number of carbonyl (C=O) groups excluding carboxylic acids is 1. The van der Waals surface area contributed by atoms with Crippen molar-refractivity contribution in [1.82, 2.24) is 0 Å². The van der Waals surface area contributed by atoms with Gasteiger partial charge in [0, 0.05) is 10.1 Å². The van der Waals surface area contributed by atoms with Crippen molar-refractivity contribution in [3.63, 3.8) is 0 Å². The van der Waals surface area contributed by atoms with Gasteiger partial charge in [0.2, 0.25) is 0 Å². The first-order valence-electron chi connectivity index (χ1n) is 10.7. The minimum atomic E-state index is -0.0130. The Hall–Kier alpha value is -1.78. The highest BCUT2D eigenvalue weighted by Crippen LogP contribution is 2.47. The van der Waals surface area contributed by atoms with Crippen LogP contribution in [0, 0.1) is 5.92 Å². The second-order valence-corrected chi connectivity index (χ2v) is 10.7. The Balaban J connectivity index is 1.41. The van der Waals surface area contributed by atoms with Crippen molar-refractivity contribution in [3.05, 3.63) is 54.1 Å². The van der Waals surface area contributed by atoms with Gasteiger partial charge in [-0.25, -0.2) is 0 Å². The lowest BCUT2D eigenvalue weighted by molar-refractivity contribution is -0.147. The van der Waals surface area contributed by atoms with E-state index in [9.17, 15) is 4.79 Å². The number of hydrogen-bond donors (Lipinski definition) is 0. The first-order valence-corrected chi connectivity index (χ1v) is 12.4. The number of hydrogen-bond acceptors (Lipinski definition) is 4. The molecule has 0 saturated heterocycles. The summed E-state index contributed by atoms with van der Waals surface area (Å²) in [5, 5.41) is 3.11. The summed E-state index contributed by atoms with van der Waals surface area (Å²) in [6, 6.07) is 18.0. The molecule has 2 fully saturated rings. The number of carbonyl (C=O) groups is 1. The van der Waals surface area contributed by atoms with E-state index in [0.29, 0.717) is 11.9 Å². The fourth-order valence-corrected chi connectivity index (χ4v) is 7.30. The summed E-state index contributed by atoms with van der Waals surface area (Å²) in [5.74, 6) is 0.788. The van der Waals surface area contributed by atoms with Gasteiger partial charge in [-0.15, -0.1) is 23.1 Å². The van der Waals surface area contributed by atoms with E-state index in [2.05, 4.69) is 48.5 Å². The lowest BCUT2D eigenvalue weighted by Crippen LogP contribution is -2.23. The average molecular weight is 423 g/mol. The van der Waals surface area contributed by atoms with Crippen molar-refractivity contribution < 1.29 is 9.53 Å². The molecule has 2 aliphatic carbocycles. The van der Waals surface area contributed by atoms with Gasteiger partial charge in [0.15, 0.2) is 0 Å². The van der Waals surface area contributed by atoms with Crippen molar-refractivity contribution in [2.75, 3.05) is 6.61 Å². The molecule has 2 nitrogen and oxygen atoms in total. The molecule has 150 valence electrons.